The predicted octanol–water partition coefficient (Wildman–Crippen LogP) is 0.811. The number of aromatic nitrogens is 2. The van der Waals surface area contributed by atoms with Crippen LogP contribution in [0.2, 0.25) is 0 Å². The average molecular weight is 250 g/mol. The number of rotatable bonds is 2. The van der Waals surface area contributed by atoms with Crippen LogP contribution in [0, 0.1) is 0 Å². The van der Waals surface area contributed by atoms with Crippen LogP contribution in [0.4, 0.5) is 0 Å². The molecule has 1 unspecified atom stereocenters. The summed E-state index contributed by atoms with van der Waals surface area (Å²) >= 11 is 0. The van der Waals surface area contributed by atoms with Gasteiger partial charge in [0.05, 0.1) is 24.8 Å². The molecule has 2 aliphatic heterocycles. The molecule has 2 aliphatic rings. The van der Waals surface area contributed by atoms with Gasteiger partial charge in [-0.2, -0.15) is 0 Å². The highest BCUT2D eigenvalue weighted by atomic mass is 16.5. The van der Waals surface area contributed by atoms with E-state index in [-0.39, 0.29) is 6.10 Å². The van der Waals surface area contributed by atoms with Crippen molar-refractivity contribution >= 4 is 0 Å². The number of piperidine rings is 1. The normalized spacial score (nSPS) is 27.5. The molecule has 1 N–H and O–H groups in total. The Morgan fingerprint density at radius 3 is 2.94 bits per heavy atom. The van der Waals surface area contributed by atoms with Gasteiger partial charge in [-0.25, -0.2) is 4.98 Å². The van der Waals surface area contributed by atoms with Crippen molar-refractivity contribution in [1.29, 1.82) is 0 Å². The summed E-state index contributed by atoms with van der Waals surface area (Å²) in [4.78, 5) is 6.73. The minimum atomic E-state index is 0.168. The second-order valence-corrected chi connectivity index (χ2v) is 5.32. The maximum Gasteiger partial charge on any atom is 0.111 e. The van der Waals surface area contributed by atoms with E-state index in [1.807, 2.05) is 12.5 Å². The van der Waals surface area contributed by atoms with E-state index in [1.165, 1.54) is 31.6 Å². The van der Waals surface area contributed by atoms with E-state index < -0.39 is 0 Å². The standard InChI is InChI=1S/C13H22N4O/c1-16-5-2-11(3-6-16)17-10-15-8-12(17)13-9-14-4-7-18-13/h8,10-11,13-14H,2-7,9H2,1H3. The van der Waals surface area contributed by atoms with Gasteiger partial charge in [0.25, 0.3) is 0 Å². The van der Waals surface area contributed by atoms with Crippen molar-refractivity contribution < 1.29 is 4.74 Å². The first-order valence-electron chi connectivity index (χ1n) is 6.87. The van der Waals surface area contributed by atoms with Gasteiger partial charge < -0.3 is 19.5 Å². The molecule has 1 aromatic rings. The highest BCUT2D eigenvalue weighted by Crippen LogP contribution is 2.27. The van der Waals surface area contributed by atoms with Crippen molar-refractivity contribution in [2.45, 2.75) is 25.0 Å². The molecule has 0 amide bonds. The van der Waals surface area contributed by atoms with Crippen LogP contribution >= 0.6 is 0 Å². The zero-order valence-corrected chi connectivity index (χ0v) is 11.0. The molecule has 5 heteroatoms. The molecule has 0 spiro atoms. The Morgan fingerprint density at radius 2 is 2.22 bits per heavy atom. The third-order valence-corrected chi connectivity index (χ3v) is 4.03. The zero-order valence-electron chi connectivity index (χ0n) is 11.0. The molecule has 0 radical (unpaired) electrons. The molecule has 2 fully saturated rings. The maximum atomic E-state index is 5.84. The highest BCUT2D eigenvalue weighted by Gasteiger charge is 2.25. The van der Waals surface area contributed by atoms with Gasteiger partial charge in [-0.3, -0.25) is 0 Å². The lowest BCUT2D eigenvalue weighted by Crippen LogP contribution is -2.36. The molecule has 100 valence electrons. The third-order valence-electron chi connectivity index (χ3n) is 4.03. The number of imidazole rings is 1. The maximum absolute atomic E-state index is 5.84. The van der Waals surface area contributed by atoms with Crippen LogP contribution in [0.3, 0.4) is 0 Å². The Hall–Kier alpha value is -0.910. The molecule has 0 saturated carbocycles. The Labute approximate surface area is 108 Å². The summed E-state index contributed by atoms with van der Waals surface area (Å²) in [6.45, 7) is 5.00. The van der Waals surface area contributed by atoms with Crippen LogP contribution in [0.5, 0.6) is 0 Å². The van der Waals surface area contributed by atoms with Crippen molar-refractivity contribution in [3.8, 4) is 0 Å². The lowest BCUT2D eigenvalue weighted by atomic mass is 10.0. The van der Waals surface area contributed by atoms with E-state index in [4.69, 9.17) is 4.74 Å². The van der Waals surface area contributed by atoms with Crippen LogP contribution in [-0.4, -0.2) is 54.3 Å². The molecule has 3 heterocycles. The summed E-state index contributed by atoms with van der Waals surface area (Å²) in [5.41, 5.74) is 1.23. The summed E-state index contributed by atoms with van der Waals surface area (Å²) in [6.07, 6.45) is 6.53. The smallest absolute Gasteiger partial charge is 0.111 e. The largest absolute Gasteiger partial charge is 0.369 e. The van der Waals surface area contributed by atoms with E-state index in [0.29, 0.717) is 6.04 Å². The van der Waals surface area contributed by atoms with Crippen molar-refractivity contribution in [2.24, 2.45) is 0 Å². The number of hydrogen-bond acceptors (Lipinski definition) is 4. The monoisotopic (exact) mass is 250 g/mol. The Kier molecular flexibility index (Phi) is 3.63. The van der Waals surface area contributed by atoms with Gasteiger partial charge in [0.2, 0.25) is 0 Å². The summed E-state index contributed by atoms with van der Waals surface area (Å²) in [6, 6.07) is 0.587. The molecule has 18 heavy (non-hydrogen) atoms. The van der Waals surface area contributed by atoms with Gasteiger partial charge in [0, 0.05) is 19.1 Å². The Balaban J connectivity index is 1.74. The van der Waals surface area contributed by atoms with Crippen LogP contribution in [0.1, 0.15) is 30.7 Å². The Bertz CT molecular complexity index is 378. The minimum Gasteiger partial charge on any atom is -0.369 e. The van der Waals surface area contributed by atoms with Crippen molar-refractivity contribution in [3.63, 3.8) is 0 Å². The molecular formula is C13H22N4O. The minimum absolute atomic E-state index is 0.168. The summed E-state index contributed by atoms with van der Waals surface area (Å²) < 4.78 is 8.18. The molecule has 5 nitrogen and oxygen atoms in total. The topological polar surface area (TPSA) is 42.3 Å². The summed E-state index contributed by atoms with van der Waals surface area (Å²) in [5.74, 6) is 0. The molecule has 1 aromatic heterocycles. The number of hydrogen-bond donors (Lipinski definition) is 1. The van der Waals surface area contributed by atoms with E-state index in [0.717, 1.165) is 19.7 Å². The second-order valence-electron chi connectivity index (χ2n) is 5.32. The molecular weight excluding hydrogens is 228 g/mol. The predicted molar refractivity (Wildman–Crippen MR) is 69.6 cm³/mol. The van der Waals surface area contributed by atoms with Crippen LogP contribution in [0.15, 0.2) is 12.5 Å². The lowest BCUT2D eigenvalue weighted by molar-refractivity contribution is 0.0210. The Morgan fingerprint density at radius 1 is 1.39 bits per heavy atom. The number of morpholine rings is 1. The highest BCUT2D eigenvalue weighted by molar-refractivity contribution is 5.07. The van der Waals surface area contributed by atoms with Crippen LogP contribution in [0.25, 0.3) is 0 Å². The van der Waals surface area contributed by atoms with Crippen LogP contribution in [-0.2, 0) is 4.74 Å². The van der Waals surface area contributed by atoms with Gasteiger partial charge in [-0.1, -0.05) is 0 Å². The zero-order chi connectivity index (χ0) is 12.4. The van der Waals surface area contributed by atoms with Gasteiger partial charge in [0.15, 0.2) is 0 Å². The van der Waals surface area contributed by atoms with Crippen molar-refractivity contribution in [3.05, 3.63) is 18.2 Å². The fraction of sp³-hybridized carbons (Fsp3) is 0.769. The van der Waals surface area contributed by atoms with Gasteiger partial charge in [0.1, 0.15) is 6.10 Å². The van der Waals surface area contributed by atoms with Crippen LogP contribution < -0.4 is 5.32 Å². The lowest BCUT2D eigenvalue weighted by Gasteiger charge is -2.32. The first kappa shape index (κ1) is 12.1. The fourth-order valence-electron chi connectivity index (χ4n) is 2.90. The molecule has 1 atom stereocenters. The molecule has 0 bridgehead atoms. The first-order chi connectivity index (χ1) is 8.84. The van der Waals surface area contributed by atoms with Gasteiger partial charge in [-0.05, 0) is 33.0 Å². The summed E-state index contributed by atoms with van der Waals surface area (Å²) in [7, 11) is 2.19. The molecule has 0 aliphatic carbocycles. The molecule has 2 saturated heterocycles. The number of likely N-dealkylation sites (tertiary alicyclic amines) is 1. The number of ether oxygens (including phenoxy) is 1. The van der Waals surface area contributed by atoms with E-state index in [9.17, 15) is 0 Å². The van der Waals surface area contributed by atoms with Crippen molar-refractivity contribution in [1.82, 2.24) is 19.8 Å². The van der Waals surface area contributed by atoms with E-state index >= 15 is 0 Å². The third kappa shape index (κ3) is 2.43. The second kappa shape index (κ2) is 5.38. The average Bonchev–Trinajstić information content (AvgIpc) is 2.90. The van der Waals surface area contributed by atoms with Gasteiger partial charge in [-0.15, -0.1) is 0 Å². The molecule has 0 aromatic carbocycles. The number of nitrogens with zero attached hydrogens (tertiary/aromatic N) is 3. The van der Waals surface area contributed by atoms with Crippen molar-refractivity contribution in [2.75, 3.05) is 39.8 Å². The molecule has 3 rings (SSSR count). The quantitative estimate of drug-likeness (QED) is 0.843. The fourth-order valence-corrected chi connectivity index (χ4v) is 2.90. The number of nitrogens with one attached hydrogen (secondary N) is 1. The summed E-state index contributed by atoms with van der Waals surface area (Å²) in [5, 5.41) is 3.39. The van der Waals surface area contributed by atoms with Gasteiger partial charge >= 0.3 is 0 Å². The van der Waals surface area contributed by atoms with E-state index in [2.05, 4.69) is 26.8 Å². The van der Waals surface area contributed by atoms with E-state index in [1.54, 1.807) is 0 Å². The SMILES string of the molecule is CN1CCC(n2cncc2C2CNCCO2)CC1. The first-order valence-corrected chi connectivity index (χ1v) is 6.87.